The van der Waals surface area contributed by atoms with Gasteiger partial charge < -0.3 is 15.4 Å². The van der Waals surface area contributed by atoms with Gasteiger partial charge in [0, 0.05) is 12.7 Å². The van der Waals surface area contributed by atoms with E-state index in [1.54, 1.807) is 19.2 Å². The fourth-order valence-electron chi connectivity index (χ4n) is 1.77. The van der Waals surface area contributed by atoms with Crippen LogP contribution < -0.4 is 10.6 Å². The number of para-hydroxylation sites is 1. The third-order valence-corrected chi connectivity index (χ3v) is 3.42. The van der Waals surface area contributed by atoms with Gasteiger partial charge in [-0.1, -0.05) is 29.8 Å². The predicted octanol–water partition coefficient (Wildman–Crippen LogP) is 2.74. The molecule has 0 atom stereocenters. The molecule has 0 saturated heterocycles. The number of esters is 1. The Kier molecular flexibility index (Phi) is 5.01. The Hall–Kier alpha value is -2.53. The average molecular weight is 319 g/mol. The van der Waals surface area contributed by atoms with Crippen molar-refractivity contribution in [3.63, 3.8) is 0 Å². The van der Waals surface area contributed by atoms with Crippen LogP contribution in [0.5, 0.6) is 0 Å². The Labute approximate surface area is 133 Å². The molecule has 1 amide bonds. The van der Waals surface area contributed by atoms with Crippen LogP contribution in [0.1, 0.15) is 10.4 Å². The molecule has 5 nitrogen and oxygen atoms in total. The number of hydrogen-bond donors (Lipinski definition) is 1. The normalized spacial score (nSPS) is 10.1. The molecule has 2 N–H and O–H groups in total. The second-order valence-electron chi connectivity index (χ2n) is 4.60. The minimum Gasteiger partial charge on any atom is -0.452 e. The largest absolute Gasteiger partial charge is 0.452 e. The van der Waals surface area contributed by atoms with Crippen molar-refractivity contribution in [2.45, 2.75) is 0 Å². The Balaban J connectivity index is 1.96. The maximum Gasteiger partial charge on any atom is 0.338 e. The molecule has 2 aromatic carbocycles. The second kappa shape index (κ2) is 6.95. The van der Waals surface area contributed by atoms with Gasteiger partial charge in [0.1, 0.15) is 0 Å². The minimum atomic E-state index is -0.627. The minimum absolute atomic E-state index is 0.247. The lowest BCUT2D eigenvalue weighted by atomic mass is 10.2. The summed E-state index contributed by atoms with van der Waals surface area (Å²) in [5.41, 5.74) is 6.87. The summed E-state index contributed by atoms with van der Waals surface area (Å²) in [6.07, 6.45) is 0. The number of ether oxygens (including phenoxy) is 1. The van der Waals surface area contributed by atoms with Crippen LogP contribution in [-0.2, 0) is 9.53 Å². The van der Waals surface area contributed by atoms with E-state index >= 15 is 0 Å². The van der Waals surface area contributed by atoms with Crippen LogP contribution in [0.25, 0.3) is 0 Å². The van der Waals surface area contributed by atoms with E-state index in [4.69, 9.17) is 22.1 Å². The van der Waals surface area contributed by atoms with Crippen molar-refractivity contribution in [2.24, 2.45) is 0 Å². The molecule has 2 aromatic rings. The smallest absolute Gasteiger partial charge is 0.338 e. The van der Waals surface area contributed by atoms with E-state index < -0.39 is 5.97 Å². The van der Waals surface area contributed by atoms with Gasteiger partial charge in [0.15, 0.2) is 6.61 Å². The molecule has 0 aliphatic heterocycles. The highest BCUT2D eigenvalue weighted by Crippen LogP contribution is 2.20. The van der Waals surface area contributed by atoms with Crippen LogP contribution in [0, 0.1) is 0 Å². The summed E-state index contributed by atoms with van der Waals surface area (Å²) in [4.78, 5) is 25.3. The Morgan fingerprint density at radius 3 is 2.50 bits per heavy atom. The highest BCUT2D eigenvalue weighted by molar-refractivity contribution is 6.33. The number of nitrogens with two attached hydrogens (primary N) is 1. The van der Waals surface area contributed by atoms with Crippen molar-refractivity contribution in [1.82, 2.24) is 0 Å². The number of carbonyl (C=O) groups is 2. The molecule has 0 aliphatic carbocycles. The van der Waals surface area contributed by atoms with Crippen molar-refractivity contribution in [3.8, 4) is 0 Å². The summed E-state index contributed by atoms with van der Waals surface area (Å²) < 4.78 is 5.00. The molecule has 2 rings (SSSR count). The van der Waals surface area contributed by atoms with E-state index in [-0.39, 0.29) is 23.8 Å². The number of nitrogens with zero attached hydrogens (tertiary/aromatic N) is 1. The van der Waals surface area contributed by atoms with Crippen LogP contribution in [0.2, 0.25) is 5.02 Å². The summed E-state index contributed by atoms with van der Waals surface area (Å²) in [5, 5.41) is 0.358. The number of likely N-dealkylation sites (N-methyl/N-ethyl adjacent to an activating group) is 1. The number of benzene rings is 2. The lowest BCUT2D eigenvalue weighted by Gasteiger charge is -2.17. The first-order chi connectivity index (χ1) is 10.5. The van der Waals surface area contributed by atoms with Gasteiger partial charge in [0.25, 0.3) is 5.91 Å². The van der Waals surface area contributed by atoms with E-state index in [0.29, 0.717) is 5.02 Å². The molecule has 0 spiro atoms. The first kappa shape index (κ1) is 15.9. The molecule has 6 heteroatoms. The Bertz CT molecular complexity index is 689. The lowest BCUT2D eigenvalue weighted by Crippen LogP contribution is -2.31. The summed E-state index contributed by atoms with van der Waals surface area (Å²) in [6.45, 7) is -0.354. The van der Waals surface area contributed by atoms with Crippen molar-refractivity contribution < 1.29 is 14.3 Å². The van der Waals surface area contributed by atoms with Gasteiger partial charge in [-0.2, -0.15) is 0 Å². The predicted molar refractivity (Wildman–Crippen MR) is 86.0 cm³/mol. The molecule has 0 bridgehead atoms. The third kappa shape index (κ3) is 3.77. The SMILES string of the molecule is CN(C(=O)COC(=O)c1ccc(Cl)c(N)c1)c1ccccc1. The van der Waals surface area contributed by atoms with Crippen LogP contribution in [0.3, 0.4) is 0 Å². The number of carbonyl (C=O) groups excluding carboxylic acids is 2. The summed E-state index contributed by atoms with van der Waals surface area (Å²) >= 11 is 5.78. The highest BCUT2D eigenvalue weighted by Gasteiger charge is 2.15. The molecule has 0 aromatic heterocycles. The van der Waals surface area contributed by atoms with E-state index in [2.05, 4.69) is 0 Å². The molecule has 22 heavy (non-hydrogen) atoms. The fraction of sp³-hybridized carbons (Fsp3) is 0.125. The van der Waals surface area contributed by atoms with Crippen LogP contribution in [0.4, 0.5) is 11.4 Å². The highest BCUT2D eigenvalue weighted by atomic mass is 35.5. The van der Waals surface area contributed by atoms with Crippen LogP contribution in [-0.4, -0.2) is 25.5 Å². The summed E-state index contributed by atoms with van der Waals surface area (Å²) in [5.74, 6) is -0.959. The number of amides is 1. The van der Waals surface area contributed by atoms with Crippen molar-refractivity contribution in [2.75, 3.05) is 24.3 Å². The van der Waals surface area contributed by atoms with E-state index in [1.165, 1.54) is 23.1 Å². The molecule has 0 heterocycles. The van der Waals surface area contributed by atoms with Gasteiger partial charge in [-0.05, 0) is 30.3 Å². The second-order valence-corrected chi connectivity index (χ2v) is 5.01. The number of hydrogen-bond acceptors (Lipinski definition) is 4. The van der Waals surface area contributed by atoms with Crippen molar-refractivity contribution in [1.29, 1.82) is 0 Å². The Morgan fingerprint density at radius 1 is 1.18 bits per heavy atom. The molecule has 0 aliphatic rings. The van der Waals surface area contributed by atoms with Gasteiger partial charge in [-0.25, -0.2) is 4.79 Å². The fourth-order valence-corrected chi connectivity index (χ4v) is 1.89. The Morgan fingerprint density at radius 2 is 1.86 bits per heavy atom. The number of halogens is 1. The zero-order chi connectivity index (χ0) is 16.1. The zero-order valence-corrected chi connectivity index (χ0v) is 12.7. The first-order valence-electron chi connectivity index (χ1n) is 6.53. The molecular formula is C16H15ClN2O3. The lowest BCUT2D eigenvalue weighted by molar-refractivity contribution is -0.121. The molecular weight excluding hydrogens is 304 g/mol. The monoisotopic (exact) mass is 318 g/mol. The number of nitrogen functional groups attached to an aromatic ring is 1. The molecule has 0 fully saturated rings. The number of anilines is 2. The van der Waals surface area contributed by atoms with E-state index in [9.17, 15) is 9.59 Å². The first-order valence-corrected chi connectivity index (χ1v) is 6.90. The van der Waals surface area contributed by atoms with Gasteiger partial charge in [0.2, 0.25) is 0 Å². The van der Waals surface area contributed by atoms with E-state index in [0.717, 1.165) is 5.69 Å². The van der Waals surface area contributed by atoms with Gasteiger partial charge >= 0.3 is 5.97 Å². The van der Waals surface area contributed by atoms with Crippen molar-refractivity contribution in [3.05, 3.63) is 59.1 Å². The summed E-state index contributed by atoms with van der Waals surface area (Å²) in [6, 6.07) is 13.5. The molecule has 114 valence electrons. The number of rotatable bonds is 4. The van der Waals surface area contributed by atoms with Gasteiger partial charge in [0.05, 0.1) is 16.3 Å². The standard InChI is InChI=1S/C16H15ClN2O3/c1-19(12-5-3-2-4-6-12)15(20)10-22-16(21)11-7-8-13(17)14(18)9-11/h2-9H,10,18H2,1H3. The molecule has 0 radical (unpaired) electrons. The summed E-state index contributed by atoms with van der Waals surface area (Å²) in [7, 11) is 1.62. The van der Waals surface area contributed by atoms with Gasteiger partial charge in [-0.15, -0.1) is 0 Å². The quantitative estimate of drug-likeness (QED) is 0.695. The average Bonchev–Trinajstić information content (AvgIpc) is 2.54. The van der Waals surface area contributed by atoms with Crippen LogP contribution >= 0.6 is 11.6 Å². The van der Waals surface area contributed by atoms with Gasteiger partial charge in [-0.3, -0.25) is 4.79 Å². The zero-order valence-electron chi connectivity index (χ0n) is 12.0. The van der Waals surface area contributed by atoms with E-state index in [1.807, 2.05) is 18.2 Å². The third-order valence-electron chi connectivity index (χ3n) is 3.08. The van der Waals surface area contributed by atoms with Crippen LogP contribution in [0.15, 0.2) is 48.5 Å². The molecule has 0 saturated carbocycles. The molecule has 0 unspecified atom stereocenters. The van der Waals surface area contributed by atoms with Crippen molar-refractivity contribution >= 4 is 34.9 Å². The maximum atomic E-state index is 12.0. The maximum absolute atomic E-state index is 12.0. The topological polar surface area (TPSA) is 72.6 Å².